The van der Waals surface area contributed by atoms with Gasteiger partial charge in [-0.05, 0) is 52.9 Å². The summed E-state index contributed by atoms with van der Waals surface area (Å²) in [5, 5.41) is 14.2. The highest BCUT2D eigenvalue weighted by Crippen LogP contribution is 2.31. The molecule has 1 N–H and O–H groups in total. The number of halogens is 4. The number of nitrogens with zero attached hydrogens (tertiary/aromatic N) is 4. The maximum Gasteiger partial charge on any atom is 0.416 e. The molecule has 12 heteroatoms. The first kappa shape index (κ1) is 30.9. The summed E-state index contributed by atoms with van der Waals surface area (Å²) in [6.07, 6.45) is -4.08. The molecular weight excluding hydrogens is 572 g/mol. The highest BCUT2D eigenvalue weighted by Gasteiger charge is 2.30. The van der Waals surface area contributed by atoms with E-state index < -0.39 is 17.3 Å². The molecule has 0 aliphatic carbocycles. The second-order valence-electron chi connectivity index (χ2n) is 9.38. The summed E-state index contributed by atoms with van der Waals surface area (Å²) in [6.45, 7) is 1.47. The van der Waals surface area contributed by atoms with Gasteiger partial charge in [-0.25, -0.2) is 9.07 Å². The lowest BCUT2D eigenvalue weighted by Crippen LogP contribution is -2.37. The predicted molar refractivity (Wildman–Crippen MR) is 151 cm³/mol. The summed E-state index contributed by atoms with van der Waals surface area (Å²) in [5.41, 5.74) is 1.88. The van der Waals surface area contributed by atoms with Crippen LogP contribution in [-0.4, -0.2) is 43.8 Å². The van der Waals surface area contributed by atoms with Gasteiger partial charge < -0.3 is 10.0 Å². The Balaban J connectivity index is 1.49. The van der Waals surface area contributed by atoms with Crippen LogP contribution in [0.4, 0.5) is 17.6 Å². The fourth-order valence-corrected chi connectivity index (χ4v) is 5.01. The average molecular weight is 601 g/mol. The first-order valence-electron chi connectivity index (χ1n) is 13.1. The lowest BCUT2D eigenvalue weighted by Gasteiger charge is -2.23. The number of amides is 1. The third-order valence-electron chi connectivity index (χ3n) is 6.40. The zero-order valence-corrected chi connectivity index (χ0v) is 23.5. The Labute approximate surface area is 243 Å². The number of aliphatic hydroxyl groups excluding tert-OH is 1. The Morgan fingerprint density at radius 3 is 2.12 bits per heavy atom. The minimum absolute atomic E-state index is 0.0474. The number of hydrogen-bond acceptors (Lipinski definition) is 6. The second kappa shape index (κ2) is 13.8. The van der Waals surface area contributed by atoms with E-state index in [9.17, 15) is 32.3 Å². The minimum atomic E-state index is -4.41. The molecule has 0 saturated heterocycles. The molecule has 220 valence electrons. The predicted octanol–water partition coefficient (Wildman–Crippen LogP) is 5.34. The molecule has 0 fully saturated rings. The highest BCUT2D eigenvalue weighted by atomic mass is 32.2. The Morgan fingerprint density at radius 2 is 1.55 bits per heavy atom. The van der Waals surface area contributed by atoms with Crippen LogP contribution >= 0.6 is 11.8 Å². The van der Waals surface area contributed by atoms with Gasteiger partial charge in [0.25, 0.3) is 5.56 Å². The topological polar surface area (TPSA) is 88.3 Å². The molecular formula is C30H28F4N4O3S. The lowest BCUT2D eigenvalue weighted by molar-refractivity contribution is -0.137. The van der Waals surface area contributed by atoms with Crippen LogP contribution < -0.4 is 5.56 Å². The molecule has 0 atom stereocenters. The van der Waals surface area contributed by atoms with Crippen LogP contribution in [-0.2, 0) is 36.2 Å². The molecule has 0 aliphatic heterocycles. The van der Waals surface area contributed by atoms with Gasteiger partial charge in [0, 0.05) is 18.8 Å². The number of aromatic nitrogens is 3. The number of hydrogen-bond donors (Lipinski definition) is 1. The van der Waals surface area contributed by atoms with Crippen molar-refractivity contribution < 1.29 is 27.5 Å². The van der Waals surface area contributed by atoms with Crippen LogP contribution in [0.15, 0.2) is 82.7 Å². The first-order chi connectivity index (χ1) is 20.1. The summed E-state index contributed by atoms with van der Waals surface area (Å²) >= 11 is 1.20. The Hall–Kier alpha value is -4.03. The molecule has 1 heterocycles. The zero-order valence-electron chi connectivity index (χ0n) is 22.6. The standard InChI is InChI=1S/C30H28F4N4O3S/c1-2-26-28(41)35-29(42-19-21-5-13-25(31)14-6-21)38(36-26)18-27(40)37(15-16-39)17-20-3-7-22(8-4-20)23-9-11-24(12-10-23)30(32,33)34/h3-14,39H,2,15-19H2,1H3. The molecule has 1 amide bonds. The van der Waals surface area contributed by atoms with Crippen molar-refractivity contribution in [3.8, 4) is 11.1 Å². The summed E-state index contributed by atoms with van der Waals surface area (Å²) in [5.74, 6) is -0.351. The van der Waals surface area contributed by atoms with Gasteiger partial charge in [-0.1, -0.05) is 67.2 Å². The number of rotatable bonds is 11. The number of aliphatic hydroxyl groups is 1. The smallest absolute Gasteiger partial charge is 0.395 e. The fourth-order valence-electron chi connectivity index (χ4n) is 4.12. The number of thioether (sulfide) groups is 1. The molecule has 0 radical (unpaired) electrons. The Morgan fingerprint density at radius 1 is 0.952 bits per heavy atom. The van der Waals surface area contributed by atoms with Crippen molar-refractivity contribution in [3.63, 3.8) is 0 Å². The largest absolute Gasteiger partial charge is 0.416 e. The molecule has 42 heavy (non-hydrogen) atoms. The van der Waals surface area contributed by atoms with Gasteiger partial charge in [0.2, 0.25) is 5.91 Å². The number of benzene rings is 3. The SMILES string of the molecule is CCc1nn(CC(=O)N(CCO)Cc2ccc(-c3ccc(C(F)(F)F)cc3)cc2)c(SCc2ccc(F)cc2)nc1=O. The van der Waals surface area contributed by atoms with Gasteiger partial charge >= 0.3 is 6.18 Å². The molecule has 4 aromatic rings. The fraction of sp³-hybridized carbons (Fsp3) is 0.267. The van der Waals surface area contributed by atoms with Crippen molar-refractivity contribution in [2.24, 2.45) is 0 Å². The zero-order chi connectivity index (χ0) is 30.3. The van der Waals surface area contributed by atoms with E-state index in [1.165, 1.54) is 45.6 Å². The number of carbonyl (C=O) groups excluding carboxylic acids is 1. The molecule has 4 rings (SSSR count). The van der Waals surface area contributed by atoms with Crippen LogP contribution in [0.5, 0.6) is 0 Å². The Kier molecular flexibility index (Phi) is 10.1. The van der Waals surface area contributed by atoms with E-state index in [2.05, 4.69) is 10.1 Å². The van der Waals surface area contributed by atoms with Crippen LogP contribution in [0.25, 0.3) is 11.1 Å². The maximum atomic E-state index is 13.4. The van der Waals surface area contributed by atoms with Gasteiger partial charge in [-0.2, -0.15) is 23.3 Å². The van der Waals surface area contributed by atoms with Crippen molar-refractivity contribution in [2.75, 3.05) is 13.2 Å². The molecule has 0 aliphatic rings. The molecule has 1 aromatic heterocycles. The van der Waals surface area contributed by atoms with Gasteiger partial charge in [0.05, 0.1) is 12.2 Å². The quantitative estimate of drug-likeness (QED) is 0.185. The third-order valence-corrected chi connectivity index (χ3v) is 7.44. The summed E-state index contributed by atoms with van der Waals surface area (Å²) in [6, 6.07) is 17.8. The van der Waals surface area contributed by atoms with E-state index >= 15 is 0 Å². The van der Waals surface area contributed by atoms with Crippen molar-refractivity contribution in [3.05, 3.63) is 111 Å². The monoisotopic (exact) mass is 600 g/mol. The van der Waals surface area contributed by atoms with Gasteiger partial charge in [-0.3, -0.25) is 9.59 Å². The third kappa shape index (κ3) is 8.04. The van der Waals surface area contributed by atoms with Gasteiger partial charge in [0.15, 0.2) is 5.16 Å². The average Bonchev–Trinajstić information content (AvgIpc) is 2.97. The van der Waals surface area contributed by atoms with Crippen molar-refractivity contribution >= 4 is 17.7 Å². The summed E-state index contributed by atoms with van der Waals surface area (Å²) in [4.78, 5) is 31.3. The molecule has 0 unspecified atom stereocenters. The number of alkyl halides is 3. The first-order valence-corrected chi connectivity index (χ1v) is 14.1. The van der Waals surface area contributed by atoms with Crippen LogP contribution in [0.3, 0.4) is 0 Å². The van der Waals surface area contributed by atoms with Gasteiger partial charge in [-0.15, -0.1) is 0 Å². The van der Waals surface area contributed by atoms with Crippen LogP contribution in [0, 0.1) is 5.82 Å². The maximum absolute atomic E-state index is 13.4. The summed E-state index contributed by atoms with van der Waals surface area (Å²) in [7, 11) is 0. The minimum Gasteiger partial charge on any atom is -0.395 e. The number of aryl methyl sites for hydroxylation is 1. The molecule has 0 spiro atoms. The van der Waals surface area contributed by atoms with Gasteiger partial charge in [0.1, 0.15) is 18.1 Å². The molecule has 3 aromatic carbocycles. The molecule has 7 nitrogen and oxygen atoms in total. The summed E-state index contributed by atoms with van der Waals surface area (Å²) < 4.78 is 53.3. The highest BCUT2D eigenvalue weighted by molar-refractivity contribution is 7.98. The molecule has 0 bridgehead atoms. The molecule has 0 saturated carbocycles. The van der Waals surface area contributed by atoms with Crippen molar-refractivity contribution in [1.29, 1.82) is 0 Å². The lowest BCUT2D eigenvalue weighted by atomic mass is 10.0. The van der Waals surface area contributed by atoms with E-state index in [4.69, 9.17) is 0 Å². The van der Waals surface area contributed by atoms with E-state index in [1.54, 1.807) is 43.3 Å². The Bertz CT molecular complexity index is 1560. The number of carbonyl (C=O) groups is 1. The second-order valence-corrected chi connectivity index (χ2v) is 10.3. The normalized spacial score (nSPS) is 11.5. The van der Waals surface area contributed by atoms with E-state index in [-0.39, 0.29) is 48.8 Å². The van der Waals surface area contributed by atoms with Crippen LogP contribution in [0.2, 0.25) is 0 Å². The van der Waals surface area contributed by atoms with Crippen LogP contribution in [0.1, 0.15) is 29.3 Å². The van der Waals surface area contributed by atoms with Crippen molar-refractivity contribution in [2.45, 2.75) is 43.5 Å². The van der Waals surface area contributed by atoms with E-state index in [0.717, 1.165) is 23.3 Å². The van der Waals surface area contributed by atoms with E-state index in [1.807, 2.05) is 0 Å². The van der Waals surface area contributed by atoms with Crippen molar-refractivity contribution in [1.82, 2.24) is 19.7 Å². The van der Waals surface area contributed by atoms with E-state index in [0.29, 0.717) is 23.3 Å².